The molecule has 8 heteroatoms. The number of hydrogen-bond acceptors (Lipinski definition) is 5. The number of halogens is 1. The standard InChI is InChI=1S/C20H29N5OS.HI/c1-15-12-24-19(27-15)10-11-22-20(21-2)25-14-16-8-9-18(23-13-16)26-17-6-4-3-5-7-17;/h8-9,12-13,17H,3-7,10-11,14H2,1-2H3,(H2,21,22,25);1H. The maximum absolute atomic E-state index is 5.98. The van der Waals surface area contributed by atoms with Crippen molar-refractivity contribution < 1.29 is 4.74 Å². The average molecular weight is 515 g/mol. The SMILES string of the molecule is CN=C(NCCc1ncc(C)s1)NCc1ccc(OC2CCCCC2)nc1.I. The number of pyridine rings is 1. The molecule has 0 unspecified atom stereocenters. The Morgan fingerprint density at radius 3 is 2.64 bits per heavy atom. The number of nitrogens with one attached hydrogen (secondary N) is 2. The molecular formula is C20H30IN5OS. The number of aryl methyl sites for hydroxylation is 1. The molecule has 0 amide bonds. The summed E-state index contributed by atoms with van der Waals surface area (Å²) in [6, 6.07) is 4.02. The molecular weight excluding hydrogens is 485 g/mol. The zero-order valence-corrected chi connectivity index (χ0v) is 19.8. The molecule has 0 aromatic carbocycles. The van der Waals surface area contributed by atoms with E-state index in [4.69, 9.17) is 4.74 Å². The number of nitrogens with zero attached hydrogens (tertiary/aromatic N) is 3. The van der Waals surface area contributed by atoms with E-state index in [1.54, 1.807) is 18.4 Å². The predicted molar refractivity (Wildman–Crippen MR) is 126 cm³/mol. The molecule has 3 rings (SSSR count). The topological polar surface area (TPSA) is 71.4 Å². The van der Waals surface area contributed by atoms with Crippen molar-refractivity contribution in [3.8, 4) is 5.88 Å². The number of guanidine groups is 1. The number of aliphatic imine (C=N–C) groups is 1. The van der Waals surface area contributed by atoms with Gasteiger partial charge in [0, 0.05) is 49.9 Å². The fourth-order valence-electron chi connectivity index (χ4n) is 3.15. The Balaban J connectivity index is 0.00000280. The lowest BCUT2D eigenvalue weighted by Crippen LogP contribution is -2.37. The van der Waals surface area contributed by atoms with Crippen LogP contribution in [0.25, 0.3) is 0 Å². The van der Waals surface area contributed by atoms with Crippen LogP contribution in [0.15, 0.2) is 29.5 Å². The third-order valence-corrected chi connectivity index (χ3v) is 5.59. The van der Waals surface area contributed by atoms with Gasteiger partial charge in [0.15, 0.2) is 5.96 Å². The number of rotatable bonds is 7. The highest BCUT2D eigenvalue weighted by Gasteiger charge is 2.15. The largest absolute Gasteiger partial charge is 0.474 e. The van der Waals surface area contributed by atoms with Crippen LogP contribution in [0, 0.1) is 6.92 Å². The van der Waals surface area contributed by atoms with E-state index in [0.717, 1.165) is 48.2 Å². The maximum atomic E-state index is 5.98. The van der Waals surface area contributed by atoms with Crippen molar-refractivity contribution in [2.45, 2.75) is 58.1 Å². The Morgan fingerprint density at radius 2 is 2.00 bits per heavy atom. The van der Waals surface area contributed by atoms with Gasteiger partial charge in [-0.1, -0.05) is 12.5 Å². The van der Waals surface area contributed by atoms with E-state index in [-0.39, 0.29) is 24.0 Å². The van der Waals surface area contributed by atoms with Gasteiger partial charge in [-0.2, -0.15) is 0 Å². The summed E-state index contributed by atoms with van der Waals surface area (Å²) in [6.07, 6.45) is 11.2. The summed E-state index contributed by atoms with van der Waals surface area (Å²) < 4.78 is 5.98. The van der Waals surface area contributed by atoms with E-state index < -0.39 is 0 Å². The Morgan fingerprint density at radius 1 is 1.18 bits per heavy atom. The molecule has 1 aliphatic rings. The number of thiazole rings is 1. The fraction of sp³-hybridized carbons (Fsp3) is 0.550. The van der Waals surface area contributed by atoms with Crippen LogP contribution in [0.1, 0.15) is 47.6 Å². The van der Waals surface area contributed by atoms with Crippen molar-refractivity contribution in [3.63, 3.8) is 0 Å². The molecule has 2 aromatic heterocycles. The Hall–Kier alpha value is -1.42. The molecule has 0 atom stereocenters. The van der Waals surface area contributed by atoms with Gasteiger partial charge in [-0.25, -0.2) is 9.97 Å². The molecule has 6 nitrogen and oxygen atoms in total. The highest BCUT2D eigenvalue weighted by molar-refractivity contribution is 14.0. The lowest BCUT2D eigenvalue weighted by molar-refractivity contribution is 0.148. The van der Waals surface area contributed by atoms with Crippen LogP contribution >= 0.6 is 35.3 Å². The van der Waals surface area contributed by atoms with Gasteiger partial charge in [-0.05, 0) is 38.2 Å². The molecule has 2 N–H and O–H groups in total. The van der Waals surface area contributed by atoms with E-state index in [9.17, 15) is 0 Å². The second-order valence-corrected chi connectivity index (χ2v) is 8.17. The van der Waals surface area contributed by atoms with Gasteiger partial charge < -0.3 is 15.4 Å². The monoisotopic (exact) mass is 515 g/mol. The Bertz CT molecular complexity index is 728. The zero-order chi connectivity index (χ0) is 18.9. The average Bonchev–Trinajstić information content (AvgIpc) is 3.11. The lowest BCUT2D eigenvalue weighted by Gasteiger charge is -2.22. The van der Waals surface area contributed by atoms with Gasteiger partial charge in [0.2, 0.25) is 5.88 Å². The molecule has 28 heavy (non-hydrogen) atoms. The highest BCUT2D eigenvalue weighted by atomic mass is 127. The van der Waals surface area contributed by atoms with Gasteiger partial charge in [0.25, 0.3) is 0 Å². The first kappa shape index (κ1) is 22.9. The van der Waals surface area contributed by atoms with E-state index in [0.29, 0.717) is 12.6 Å². The van der Waals surface area contributed by atoms with Gasteiger partial charge >= 0.3 is 0 Å². The fourth-order valence-corrected chi connectivity index (χ4v) is 3.94. The van der Waals surface area contributed by atoms with Gasteiger partial charge in [-0.15, -0.1) is 35.3 Å². The highest BCUT2D eigenvalue weighted by Crippen LogP contribution is 2.22. The lowest BCUT2D eigenvalue weighted by atomic mass is 9.98. The van der Waals surface area contributed by atoms with Crippen molar-refractivity contribution in [2.24, 2.45) is 4.99 Å². The minimum atomic E-state index is 0. The van der Waals surface area contributed by atoms with Gasteiger partial charge in [0.05, 0.1) is 5.01 Å². The number of ether oxygens (including phenoxy) is 1. The molecule has 2 aromatic rings. The molecule has 0 aliphatic heterocycles. The normalized spacial score (nSPS) is 15.0. The van der Waals surface area contributed by atoms with E-state index in [2.05, 4.69) is 38.6 Å². The second-order valence-electron chi connectivity index (χ2n) is 6.85. The molecule has 154 valence electrons. The molecule has 1 fully saturated rings. The van der Waals surface area contributed by atoms with Crippen LogP contribution in [0.4, 0.5) is 0 Å². The van der Waals surface area contributed by atoms with Crippen molar-refractivity contribution >= 4 is 41.3 Å². The van der Waals surface area contributed by atoms with Crippen LogP contribution in [0.3, 0.4) is 0 Å². The second kappa shape index (κ2) is 12.2. The minimum Gasteiger partial charge on any atom is -0.474 e. The van der Waals surface area contributed by atoms with Crippen LogP contribution < -0.4 is 15.4 Å². The summed E-state index contributed by atoms with van der Waals surface area (Å²) in [7, 11) is 1.78. The summed E-state index contributed by atoms with van der Waals surface area (Å²) in [5.74, 6) is 1.51. The molecule has 2 heterocycles. The first-order valence-electron chi connectivity index (χ1n) is 9.70. The van der Waals surface area contributed by atoms with Crippen molar-refractivity contribution in [1.82, 2.24) is 20.6 Å². The van der Waals surface area contributed by atoms with Crippen LogP contribution in [-0.4, -0.2) is 35.6 Å². The summed E-state index contributed by atoms with van der Waals surface area (Å²) in [6.45, 7) is 3.56. The minimum absolute atomic E-state index is 0. The Kier molecular flexibility index (Phi) is 9.97. The molecule has 0 radical (unpaired) electrons. The third kappa shape index (κ3) is 7.54. The van der Waals surface area contributed by atoms with Crippen molar-refractivity contribution in [1.29, 1.82) is 0 Å². The molecule has 1 saturated carbocycles. The molecule has 0 bridgehead atoms. The van der Waals surface area contributed by atoms with Crippen LogP contribution in [0.5, 0.6) is 5.88 Å². The Labute approximate surface area is 188 Å². The van der Waals surface area contributed by atoms with Crippen molar-refractivity contribution in [2.75, 3.05) is 13.6 Å². The zero-order valence-electron chi connectivity index (χ0n) is 16.6. The number of hydrogen-bond donors (Lipinski definition) is 2. The maximum Gasteiger partial charge on any atom is 0.213 e. The molecule has 1 aliphatic carbocycles. The number of aromatic nitrogens is 2. The summed E-state index contributed by atoms with van der Waals surface area (Å²) in [4.78, 5) is 14.3. The van der Waals surface area contributed by atoms with Crippen molar-refractivity contribution in [3.05, 3.63) is 40.0 Å². The molecule has 0 spiro atoms. The van der Waals surface area contributed by atoms with Crippen LogP contribution in [0.2, 0.25) is 0 Å². The third-order valence-electron chi connectivity index (χ3n) is 4.62. The molecule has 0 saturated heterocycles. The van der Waals surface area contributed by atoms with E-state index in [1.165, 1.54) is 24.1 Å². The summed E-state index contributed by atoms with van der Waals surface area (Å²) >= 11 is 1.74. The first-order valence-corrected chi connectivity index (χ1v) is 10.5. The quantitative estimate of drug-likeness (QED) is 0.331. The van der Waals surface area contributed by atoms with E-state index >= 15 is 0 Å². The van der Waals surface area contributed by atoms with Gasteiger partial charge in [0.1, 0.15) is 6.10 Å². The van der Waals surface area contributed by atoms with Gasteiger partial charge in [-0.3, -0.25) is 4.99 Å². The first-order chi connectivity index (χ1) is 13.2. The summed E-state index contributed by atoms with van der Waals surface area (Å²) in [5.41, 5.74) is 1.10. The predicted octanol–water partition coefficient (Wildman–Crippen LogP) is 4.08. The summed E-state index contributed by atoms with van der Waals surface area (Å²) in [5, 5.41) is 7.79. The smallest absolute Gasteiger partial charge is 0.213 e. The van der Waals surface area contributed by atoms with Crippen LogP contribution in [-0.2, 0) is 13.0 Å². The van der Waals surface area contributed by atoms with E-state index in [1.807, 2.05) is 18.5 Å².